The van der Waals surface area contributed by atoms with Gasteiger partial charge in [-0.05, 0) is 51.4 Å². The van der Waals surface area contributed by atoms with Crippen molar-refractivity contribution in [2.75, 3.05) is 19.7 Å². The average Bonchev–Trinajstić information content (AvgIpc) is 3.27. The zero-order chi connectivity index (χ0) is 52.4. The Kier molecular flexibility index (Phi) is 28.2. The maximum atomic E-state index is 13.9. The standard InChI is InChI=1S/C40H71N13O15/c1-7-18(3)29(38(67)50-25(17-54)36(65)49-24(12-14-27(57)58)35(64)53-31(21(6)55)37(66)46-16-28(59)60)52-39(68)30(19(4)8-2)51-32(61)20(5)47-34(63)23(11-13-26(42)56)48-33(62)22(41)10-9-15-45-40(43)44/h18-25,29-31,54-55H,7-17,41H2,1-6H3,(H2,42,56)(H,46,66)(H,47,63)(H,48,62)(H,49,65)(H,50,67)(H,51,61)(H,52,68)(H,53,64)(H,57,58)(H,59,60)(H4,43,44,45)/t18-,19-,20-,21+,22-,23-,24-,25-,29-,30-,31-/m0/s1. The lowest BCUT2D eigenvalue weighted by Gasteiger charge is -2.30. The number of aliphatic hydroxyl groups excluding tert-OH is 2. The number of carbonyl (C=O) groups is 11. The van der Waals surface area contributed by atoms with Crippen LogP contribution in [0.5, 0.6) is 0 Å². The van der Waals surface area contributed by atoms with E-state index >= 15 is 0 Å². The number of carboxylic acid groups (broad SMARTS) is 2. The van der Waals surface area contributed by atoms with Crippen LogP contribution in [0, 0.1) is 11.8 Å². The van der Waals surface area contributed by atoms with E-state index in [0.29, 0.717) is 12.8 Å². The van der Waals surface area contributed by atoms with Crippen LogP contribution >= 0.6 is 0 Å². The topological polar surface area (TPSA) is 481 Å². The van der Waals surface area contributed by atoms with Gasteiger partial charge in [-0.15, -0.1) is 0 Å². The number of guanidine groups is 1. The molecule has 28 heteroatoms. The summed E-state index contributed by atoms with van der Waals surface area (Å²) in [6, 6.07) is -11.8. The SMILES string of the molecule is CC[C@H](C)[C@H](NC(=O)[C@H](C)NC(=O)[C@H](CCC(N)=O)NC(=O)[C@@H](N)CCCN=C(N)N)C(=O)N[C@H](C(=O)N[C@@H](CO)C(=O)N[C@@H](CCC(=O)O)C(=O)N[C@H](C(=O)NCC(=O)O)[C@@H](C)O)[C@@H](C)CC. The van der Waals surface area contributed by atoms with Crippen LogP contribution < -0.4 is 65.5 Å². The second-order valence-corrected chi connectivity index (χ2v) is 16.2. The van der Waals surface area contributed by atoms with Crippen LogP contribution in [0.25, 0.3) is 0 Å². The highest BCUT2D eigenvalue weighted by atomic mass is 16.4. The molecule has 0 aliphatic carbocycles. The molecule has 11 atom stereocenters. The minimum atomic E-state index is -1.81. The maximum Gasteiger partial charge on any atom is 0.322 e. The van der Waals surface area contributed by atoms with E-state index in [2.05, 4.69) is 42.2 Å². The predicted molar refractivity (Wildman–Crippen MR) is 241 cm³/mol. The molecule has 0 aliphatic heterocycles. The molecule has 0 radical (unpaired) electrons. The summed E-state index contributed by atoms with van der Waals surface area (Å²) in [4.78, 5) is 144. The smallest absolute Gasteiger partial charge is 0.322 e. The van der Waals surface area contributed by atoms with Crippen molar-refractivity contribution in [3.8, 4) is 0 Å². The van der Waals surface area contributed by atoms with Crippen LogP contribution in [-0.4, -0.2) is 166 Å². The number of amides is 9. The first-order valence-corrected chi connectivity index (χ1v) is 21.9. The number of aliphatic hydroxyl groups is 2. The fourth-order valence-electron chi connectivity index (χ4n) is 5.99. The van der Waals surface area contributed by atoms with Crippen molar-refractivity contribution in [2.45, 2.75) is 147 Å². The Bertz CT molecular complexity index is 1800. The molecule has 0 saturated heterocycles. The number of aliphatic carboxylic acids is 2. The molecule has 9 amide bonds. The van der Waals surface area contributed by atoms with Gasteiger partial charge in [0.15, 0.2) is 5.96 Å². The third-order valence-electron chi connectivity index (χ3n) is 10.5. The van der Waals surface area contributed by atoms with E-state index in [0.717, 1.165) is 6.92 Å². The summed E-state index contributed by atoms with van der Waals surface area (Å²) in [6.45, 7) is 7.23. The van der Waals surface area contributed by atoms with Gasteiger partial charge < -0.3 is 85.9 Å². The number of hydrogen-bond acceptors (Lipinski definition) is 15. The quantitative estimate of drug-likeness (QED) is 0.0165. The average molecular weight is 974 g/mol. The first kappa shape index (κ1) is 61.3. The molecule has 28 nitrogen and oxygen atoms in total. The second kappa shape index (κ2) is 31.3. The van der Waals surface area contributed by atoms with E-state index in [9.17, 15) is 68.1 Å². The summed E-state index contributed by atoms with van der Waals surface area (Å²) in [7, 11) is 0. The van der Waals surface area contributed by atoms with Crippen LogP contribution in [-0.2, 0) is 52.7 Å². The van der Waals surface area contributed by atoms with Crippen LogP contribution in [0.3, 0.4) is 0 Å². The summed E-state index contributed by atoms with van der Waals surface area (Å²) >= 11 is 0. The van der Waals surface area contributed by atoms with Crippen LogP contribution in [0.2, 0.25) is 0 Å². The van der Waals surface area contributed by atoms with E-state index in [1.165, 1.54) is 6.92 Å². The number of primary amides is 1. The number of nitrogens with one attached hydrogen (secondary N) is 8. The summed E-state index contributed by atoms with van der Waals surface area (Å²) in [5.74, 6) is -12.8. The van der Waals surface area contributed by atoms with Crippen LogP contribution in [0.15, 0.2) is 4.99 Å². The van der Waals surface area contributed by atoms with Crippen molar-refractivity contribution in [1.82, 2.24) is 42.5 Å². The molecule has 0 spiro atoms. The number of aliphatic imine (C=N–C) groups is 1. The third kappa shape index (κ3) is 23.2. The van der Waals surface area contributed by atoms with Crippen LogP contribution in [0.1, 0.15) is 92.9 Å². The zero-order valence-electron chi connectivity index (χ0n) is 39.2. The maximum absolute atomic E-state index is 13.9. The van der Waals surface area contributed by atoms with E-state index in [4.69, 9.17) is 28.0 Å². The molecular formula is C40H71N13O15. The molecule has 20 N–H and O–H groups in total. The first-order valence-electron chi connectivity index (χ1n) is 21.9. The van der Waals surface area contributed by atoms with Crippen LogP contribution in [0.4, 0.5) is 0 Å². The van der Waals surface area contributed by atoms with E-state index < -0.39 is 157 Å². The largest absolute Gasteiger partial charge is 0.481 e. The first-order chi connectivity index (χ1) is 31.7. The van der Waals surface area contributed by atoms with Gasteiger partial charge in [0, 0.05) is 19.4 Å². The monoisotopic (exact) mass is 974 g/mol. The second-order valence-electron chi connectivity index (χ2n) is 16.2. The molecular weight excluding hydrogens is 903 g/mol. The Hall–Kier alpha value is -6.68. The molecule has 0 aromatic heterocycles. The highest BCUT2D eigenvalue weighted by Gasteiger charge is 2.37. The fourth-order valence-corrected chi connectivity index (χ4v) is 5.99. The van der Waals surface area contributed by atoms with Crippen molar-refractivity contribution >= 4 is 71.1 Å². The Balaban J connectivity index is 6.21. The third-order valence-corrected chi connectivity index (χ3v) is 10.5. The van der Waals surface area contributed by atoms with E-state index in [-0.39, 0.29) is 38.2 Å². The van der Waals surface area contributed by atoms with Crippen molar-refractivity contribution < 1.29 is 73.2 Å². The molecule has 386 valence electrons. The summed E-state index contributed by atoms with van der Waals surface area (Å²) < 4.78 is 0. The van der Waals surface area contributed by atoms with Gasteiger partial charge in [-0.3, -0.25) is 57.7 Å². The highest BCUT2D eigenvalue weighted by molar-refractivity contribution is 5.98. The Morgan fingerprint density at radius 2 is 1.00 bits per heavy atom. The van der Waals surface area contributed by atoms with Gasteiger partial charge in [-0.2, -0.15) is 0 Å². The molecule has 0 aromatic carbocycles. The van der Waals surface area contributed by atoms with Gasteiger partial charge in [0.05, 0.1) is 18.8 Å². The van der Waals surface area contributed by atoms with Gasteiger partial charge in [0.25, 0.3) is 0 Å². The lowest BCUT2D eigenvalue weighted by atomic mass is 9.94. The summed E-state index contributed by atoms with van der Waals surface area (Å²) in [5.41, 5.74) is 21.8. The minimum absolute atomic E-state index is 0.134. The van der Waals surface area contributed by atoms with Gasteiger partial charge in [0.1, 0.15) is 48.8 Å². The Labute approximate surface area is 393 Å². The fraction of sp³-hybridized carbons (Fsp3) is 0.700. The summed E-state index contributed by atoms with van der Waals surface area (Å²) in [5, 5.41) is 57.0. The van der Waals surface area contributed by atoms with E-state index in [1.807, 2.05) is 5.32 Å². The Morgan fingerprint density at radius 3 is 1.47 bits per heavy atom. The number of nitrogens with two attached hydrogens (primary N) is 4. The molecule has 68 heavy (non-hydrogen) atoms. The number of carbonyl (C=O) groups excluding carboxylic acids is 9. The lowest BCUT2D eigenvalue weighted by Crippen LogP contribution is -2.62. The molecule has 0 heterocycles. The Morgan fingerprint density at radius 1 is 0.544 bits per heavy atom. The van der Waals surface area contributed by atoms with Crippen molar-refractivity contribution in [1.29, 1.82) is 0 Å². The number of hydrogen-bond donors (Lipinski definition) is 16. The van der Waals surface area contributed by atoms with Crippen molar-refractivity contribution in [2.24, 2.45) is 39.8 Å². The molecule has 0 saturated carbocycles. The van der Waals surface area contributed by atoms with Gasteiger partial charge >= 0.3 is 11.9 Å². The number of rotatable bonds is 33. The number of nitrogens with zero attached hydrogens (tertiary/aromatic N) is 1. The van der Waals surface area contributed by atoms with Gasteiger partial charge in [-0.25, -0.2) is 0 Å². The van der Waals surface area contributed by atoms with Crippen molar-refractivity contribution in [3.63, 3.8) is 0 Å². The minimum Gasteiger partial charge on any atom is -0.481 e. The normalized spacial score (nSPS) is 15.8. The summed E-state index contributed by atoms with van der Waals surface area (Å²) in [6.07, 6.45) is -2.39. The zero-order valence-corrected chi connectivity index (χ0v) is 39.2. The van der Waals surface area contributed by atoms with Gasteiger partial charge in [-0.1, -0.05) is 40.5 Å². The van der Waals surface area contributed by atoms with Crippen molar-refractivity contribution in [3.05, 3.63) is 0 Å². The predicted octanol–water partition coefficient (Wildman–Crippen LogP) is -6.42. The molecule has 0 fully saturated rings. The van der Waals surface area contributed by atoms with E-state index in [1.54, 1.807) is 27.7 Å². The molecule has 0 aliphatic rings. The van der Waals surface area contributed by atoms with Gasteiger partial charge in [0.2, 0.25) is 53.2 Å². The molecule has 0 aromatic rings. The highest BCUT2D eigenvalue weighted by Crippen LogP contribution is 2.14. The molecule has 0 bridgehead atoms. The lowest BCUT2D eigenvalue weighted by molar-refractivity contribution is -0.140. The molecule has 0 rings (SSSR count). The number of carboxylic acids is 2. The molecule has 0 unspecified atom stereocenters.